The lowest BCUT2D eigenvalue weighted by Crippen LogP contribution is -2.15. The fourth-order valence-corrected chi connectivity index (χ4v) is 8.76. The highest BCUT2D eigenvalue weighted by molar-refractivity contribution is 6.07. The fourth-order valence-electron chi connectivity index (χ4n) is 8.76. The molecule has 2 heterocycles. The van der Waals surface area contributed by atoms with Crippen molar-refractivity contribution < 1.29 is 4.42 Å². The topological polar surface area (TPSA) is 51.8 Å². The molecule has 0 unspecified atom stereocenters. The molecule has 0 bridgehead atoms. The van der Waals surface area contributed by atoms with Gasteiger partial charge >= 0.3 is 0 Å². The van der Waals surface area contributed by atoms with Crippen LogP contribution >= 0.6 is 0 Å². The maximum atomic E-state index is 6.26. The molecule has 1 aliphatic rings. The summed E-state index contributed by atoms with van der Waals surface area (Å²) in [6.07, 6.45) is 0. The zero-order chi connectivity index (χ0) is 38.8. The molecule has 0 saturated carbocycles. The van der Waals surface area contributed by atoms with E-state index in [0.29, 0.717) is 17.5 Å². The Bertz CT molecular complexity index is 3140. The highest BCUT2D eigenvalue weighted by Gasteiger charge is 2.36. The average Bonchev–Trinajstić information content (AvgIpc) is 3.77. The molecule has 2 aromatic heterocycles. The van der Waals surface area contributed by atoms with Crippen molar-refractivity contribution >= 4 is 21.9 Å². The second-order valence-corrected chi connectivity index (χ2v) is 15.6. The molecule has 4 nitrogen and oxygen atoms in total. The van der Waals surface area contributed by atoms with E-state index in [1.54, 1.807) is 0 Å². The first-order valence-corrected chi connectivity index (χ1v) is 19.8. The van der Waals surface area contributed by atoms with Gasteiger partial charge < -0.3 is 4.42 Å². The van der Waals surface area contributed by atoms with E-state index in [1.165, 1.54) is 33.4 Å². The molecule has 0 N–H and O–H groups in total. The molecule has 1 aliphatic carbocycles. The molecule has 0 fully saturated rings. The van der Waals surface area contributed by atoms with E-state index >= 15 is 0 Å². The molecule has 4 heteroatoms. The maximum Gasteiger partial charge on any atom is 0.164 e. The van der Waals surface area contributed by atoms with E-state index in [1.807, 2.05) is 72.8 Å². The molecule has 0 spiro atoms. The Morgan fingerprint density at radius 1 is 0.328 bits per heavy atom. The summed E-state index contributed by atoms with van der Waals surface area (Å²) in [5, 5.41) is 2.25. The van der Waals surface area contributed by atoms with E-state index in [2.05, 4.69) is 129 Å². The van der Waals surface area contributed by atoms with Crippen molar-refractivity contribution in [3.8, 4) is 78.7 Å². The molecule has 8 aromatic carbocycles. The molecule has 0 atom stereocenters. The Morgan fingerprint density at radius 3 is 1.57 bits per heavy atom. The van der Waals surface area contributed by atoms with Crippen LogP contribution in [0.15, 0.2) is 192 Å². The van der Waals surface area contributed by atoms with Crippen molar-refractivity contribution in [3.63, 3.8) is 0 Å². The van der Waals surface area contributed by atoms with Crippen LogP contribution in [0.3, 0.4) is 0 Å². The van der Waals surface area contributed by atoms with Gasteiger partial charge in [0.05, 0.1) is 0 Å². The van der Waals surface area contributed by atoms with Gasteiger partial charge in [-0.1, -0.05) is 159 Å². The Balaban J connectivity index is 1.06. The molecule has 11 rings (SSSR count). The molecule has 10 aromatic rings. The summed E-state index contributed by atoms with van der Waals surface area (Å²) < 4.78 is 6.26. The number of furan rings is 1. The standard InChI is InChI=1S/C54H37N3O/c1-54(2)47-25-11-9-23-41(47)45-32-43(39-27-28-50-46(31-39)42-24-10-12-26-49(42)58-50)44(33-48(45)54)38-21-13-19-36(29-38)37-20-14-22-40(30-37)53-56-51(34-15-5-3-6-16-34)55-52(57-53)35-17-7-4-8-18-35/h3-33H,1-2H3. The third kappa shape index (κ3) is 5.64. The first-order valence-electron chi connectivity index (χ1n) is 19.8. The van der Waals surface area contributed by atoms with Gasteiger partial charge in [-0.05, 0) is 98.1 Å². The molecular formula is C54H37N3O. The van der Waals surface area contributed by atoms with E-state index in [4.69, 9.17) is 19.4 Å². The van der Waals surface area contributed by atoms with Crippen molar-refractivity contribution in [2.75, 3.05) is 0 Å². The summed E-state index contributed by atoms with van der Waals surface area (Å²) in [6.45, 7) is 4.70. The SMILES string of the molecule is CC1(C)c2ccccc2-c2cc(-c3ccc4oc5ccccc5c4c3)c(-c3cccc(-c4cccc(-c5nc(-c6ccccc6)nc(-c6ccccc6)n5)c4)c3)cc21. The Labute approximate surface area is 337 Å². The van der Waals surface area contributed by atoms with E-state index < -0.39 is 0 Å². The van der Waals surface area contributed by atoms with Gasteiger partial charge in [0, 0.05) is 32.9 Å². The lowest BCUT2D eigenvalue weighted by molar-refractivity contribution is 0.660. The summed E-state index contributed by atoms with van der Waals surface area (Å²) in [5.74, 6) is 1.93. The van der Waals surface area contributed by atoms with Crippen LogP contribution in [0, 0.1) is 0 Å². The number of hydrogen-bond acceptors (Lipinski definition) is 4. The lowest BCUT2D eigenvalue weighted by atomic mass is 9.80. The van der Waals surface area contributed by atoms with Crippen LogP contribution in [0.4, 0.5) is 0 Å². The number of benzene rings is 8. The predicted octanol–water partition coefficient (Wildman–Crippen LogP) is 14.1. The van der Waals surface area contributed by atoms with Gasteiger partial charge in [-0.2, -0.15) is 0 Å². The summed E-state index contributed by atoms with van der Waals surface area (Å²) in [6, 6.07) is 66.3. The molecule has 58 heavy (non-hydrogen) atoms. The van der Waals surface area contributed by atoms with Crippen LogP contribution in [-0.4, -0.2) is 15.0 Å². The number of rotatable bonds is 6. The van der Waals surface area contributed by atoms with Crippen molar-refractivity contribution in [1.29, 1.82) is 0 Å². The highest BCUT2D eigenvalue weighted by Crippen LogP contribution is 2.52. The Kier molecular flexibility index (Phi) is 7.80. The minimum Gasteiger partial charge on any atom is -0.456 e. The Hall–Kier alpha value is -7.43. The second-order valence-electron chi connectivity index (χ2n) is 15.6. The minimum atomic E-state index is -0.141. The van der Waals surface area contributed by atoms with Gasteiger partial charge in [0.25, 0.3) is 0 Å². The van der Waals surface area contributed by atoms with Crippen LogP contribution in [-0.2, 0) is 5.41 Å². The molecule has 274 valence electrons. The third-order valence-electron chi connectivity index (χ3n) is 11.7. The summed E-state index contributed by atoms with van der Waals surface area (Å²) in [4.78, 5) is 14.9. The third-order valence-corrected chi connectivity index (χ3v) is 11.7. The van der Waals surface area contributed by atoms with Crippen LogP contribution in [0.5, 0.6) is 0 Å². The normalized spacial score (nSPS) is 12.8. The summed E-state index contributed by atoms with van der Waals surface area (Å²) in [7, 11) is 0. The predicted molar refractivity (Wildman–Crippen MR) is 237 cm³/mol. The molecule has 0 amide bonds. The second kappa shape index (κ2) is 13.4. The smallest absolute Gasteiger partial charge is 0.164 e. The van der Waals surface area contributed by atoms with Crippen LogP contribution in [0.2, 0.25) is 0 Å². The lowest BCUT2D eigenvalue weighted by Gasteiger charge is -2.23. The van der Waals surface area contributed by atoms with E-state index in [9.17, 15) is 0 Å². The average molecular weight is 744 g/mol. The van der Waals surface area contributed by atoms with Crippen molar-refractivity contribution in [3.05, 3.63) is 199 Å². The van der Waals surface area contributed by atoms with Gasteiger partial charge in [-0.3, -0.25) is 0 Å². The zero-order valence-electron chi connectivity index (χ0n) is 32.1. The van der Waals surface area contributed by atoms with Crippen LogP contribution < -0.4 is 0 Å². The van der Waals surface area contributed by atoms with Crippen LogP contribution in [0.1, 0.15) is 25.0 Å². The molecule has 0 radical (unpaired) electrons. The Morgan fingerprint density at radius 2 is 0.845 bits per heavy atom. The highest BCUT2D eigenvalue weighted by atomic mass is 16.3. The molecular weight excluding hydrogens is 707 g/mol. The molecule has 0 saturated heterocycles. The van der Waals surface area contributed by atoms with Gasteiger partial charge in [-0.15, -0.1) is 0 Å². The van der Waals surface area contributed by atoms with Crippen molar-refractivity contribution in [2.45, 2.75) is 19.3 Å². The number of hydrogen-bond donors (Lipinski definition) is 0. The largest absolute Gasteiger partial charge is 0.456 e. The number of para-hydroxylation sites is 1. The number of fused-ring (bicyclic) bond motifs is 6. The monoisotopic (exact) mass is 743 g/mol. The fraction of sp³-hybridized carbons (Fsp3) is 0.0556. The van der Waals surface area contributed by atoms with Gasteiger partial charge in [-0.25, -0.2) is 15.0 Å². The van der Waals surface area contributed by atoms with Crippen molar-refractivity contribution in [2.24, 2.45) is 0 Å². The van der Waals surface area contributed by atoms with Crippen LogP contribution in [0.25, 0.3) is 101 Å². The summed E-state index contributed by atoms with van der Waals surface area (Å²) >= 11 is 0. The van der Waals surface area contributed by atoms with Crippen molar-refractivity contribution in [1.82, 2.24) is 15.0 Å². The minimum absolute atomic E-state index is 0.141. The van der Waals surface area contributed by atoms with Gasteiger partial charge in [0.1, 0.15) is 11.2 Å². The first kappa shape index (κ1) is 33.9. The summed E-state index contributed by atoms with van der Waals surface area (Å²) in [5.41, 5.74) is 16.7. The van der Waals surface area contributed by atoms with E-state index in [0.717, 1.165) is 60.9 Å². The molecule has 0 aliphatic heterocycles. The van der Waals surface area contributed by atoms with Gasteiger partial charge in [0.2, 0.25) is 0 Å². The first-order chi connectivity index (χ1) is 28.5. The number of aromatic nitrogens is 3. The van der Waals surface area contributed by atoms with Gasteiger partial charge in [0.15, 0.2) is 17.5 Å². The quantitative estimate of drug-likeness (QED) is 0.170. The maximum absolute atomic E-state index is 6.26. The number of nitrogens with zero attached hydrogens (tertiary/aromatic N) is 3. The van der Waals surface area contributed by atoms with E-state index in [-0.39, 0.29) is 5.41 Å². The zero-order valence-corrected chi connectivity index (χ0v) is 32.1.